The first-order chi connectivity index (χ1) is 7.19. The van der Waals surface area contributed by atoms with Gasteiger partial charge >= 0.3 is 0 Å². The summed E-state index contributed by atoms with van der Waals surface area (Å²) in [7, 11) is 0. The molecule has 0 fully saturated rings. The molecule has 0 amide bonds. The zero-order valence-corrected chi connectivity index (χ0v) is 9.94. The van der Waals surface area contributed by atoms with Gasteiger partial charge in [-0.3, -0.25) is 11.3 Å². The second-order valence-electron chi connectivity index (χ2n) is 3.02. The summed E-state index contributed by atoms with van der Waals surface area (Å²) < 4.78 is 14.3. The van der Waals surface area contributed by atoms with Gasteiger partial charge in [-0.2, -0.15) is 0 Å². The molecule has 1 atom stereocenters. The van der Waals surface area contributed by atoms with E-state index < -0.39 is 0 Å². The third-order valence-electron chi connectivity index (χ3n) is 2.02. The fourth-order valence-electron chi connectivity index (χ4n) is 1.24. The lowest BCUT2D eigenvalue weighted by molar-refractivity contribution is 0.520. The van der Waals surface area contributed by atoms with Crippen molar-refractivity contribution in [1.29, 1.82) is 0 Å². The molecule has 0 bridgehead atoms. The van der Waals surface area contributed by atoms with Gasteiger partial charge in [0.25, 0.3) is 0 Å². The topological polar surface area (TPSA) is 38.0 Å². The van der Waals surface area contributed by atoms with Crippen LogP contribution >= 0.6 is 15.9 Å². The molecule has 3 N–H and O–H groups in total. The molecule has 0 spiro atoms. The highest BCUT2D eigenvalue weighted by Gasteiger charge is 2.13. The van der Waals surface area contributed by atoms with Gasteiger partial charge in [0.15, 0.2) is 0 Å². The van der Waals surface area contributed by atoms with Crippen molar-refractivity contribution in [3.8, 4) is 11.8 Å². The normalized spacial score (nSPS) is 11.7. The lowest BCUT2D eigenvalue weighted by atomic mass is 10.0. The Bertz CT molecular complexity index is 395. The number of hydrogen-bond donors (Lipinski definition) is 2. The summed E-state index contributed by atoms with van der Waals surface area (Å²) in [5.41, 5.74) is 3.08. The number of rotatable bonds is 3. The number of hydrazine groups is 1. The van der Waals surface area contributed by atoms with E-state index in [4.69, 9.17) is 5.84 Å². The van der Waals surface area contributed by atoms with Crippen molar-refractivity contribution >= 4 is 15.9 Å². The van der Waals surface area contributed by atoms with Crippen LogP contribution in [0.2, 0.25) is 0 Å². The Hall–Kier alpha value is -0.890. The summed E-state index contributed by atoms with van der Waals surface area (Å²) in [6.45, 7) is 1.74. The summed E-state index contributed by atoms with van der Waals surface area (Å²) in [5.74, 6) is 10.7. The minimum atomic E-state index is -0.282. The molecular formula is C11H12BrFN2. The second kappa shape index (κ2) is 5.86. The van der Waals surface area contributed by atoms with E-state index in [0.717, 1.165) is 4.47 Å². The van der Waals surface area contributed by atoms with Crippen LogP contribution in [0.3, 0.4) is 0 Å². The molecule has 0 aliphatic rings. The first kappa shape index (κ1) is 12.2. The first-order valence-corrected chi connectivity index (χ1v) is 5.29. The van der Waals surface area contributed by atoms with E-state index in [1.54, 1.807) is 19.1 Å². The third kappa shape index (κ3) is 3.31. The highest BCUT2D eigenvalue weighted by Crippen LogP contribution is 2.23. The van der Waals surface area contributed by atoms with Gasteiger partial charge in [-0.25, -0.2) is 4.39 Å². The third-order valence-corrected chi connectivity index (χ3v) is 2.51. The lowest BCUT2D eigenvalue weighted by Crippen LogP contribution is -2.28. The van der Waals surface area contributed by atoms with E-state index in [1.165, 1.54) is 6.07 Å². The predicted molar refractivity (Wildman–Crippen MR) is 62.2 cm³/mol. The van der Waals surface area contributed by atoms with Gasteiger partial charge in [0, 0.05) is 16.5 Å². The van der Waals surface area contributed by atoms with Crippen molar-refractivity contribution in [1.82, 2.24) is 5.43 Å². The molecule has 0 aliphatic carbocycles. The molecule has 0 aliphatic heterocycles. The Morgan fingerprint density at radius 2 is 2.33 bits per heavy atom. The van der Waals surface area contributed by atoms with Gasteiger partial charge in [0.1, 0.15) is 5.82 Å². The molecule has 2 nitrogen and oxygen atoms in total. The zero-order valence-electron chi connectivity index (χ0n) is 8.35. The molecular weight excluding hydrogens is 259 g/mol. The number of hydrogen-bond acceptors (Lipinski definition) is 2. The van der Waals surface area contributed by atoms with Crippen LogP contribution in [0.25, 0.3) is 0 Å². The Labute approximate surface area is 97.1 Å². The molecule has 1 rings (SSSR count). The van der Waals surface area contributed by atoms with Gasteiger partial charge in [-0.1, -0.05) is 15.9 Å². The van der Waals surface area contributed by atoms with E-state index in [9.17, 15) is 4.39 Å². The van der Waals surface area contributed by atoms with Crippen LogP contribution < -0.4 is 11.3 Å². The van der Waals surface area contributed by atoms with Crippen molar-refractivity contribution < 1.29 is 4.39 Å². The van der Waals surface area contributed by atoms with Crippen molar-refractivity contribution in [2.45, 2.75) is 19.4 Å². The maximum atomic E-state index is 13.5. The predicted octanol–water partition coefficient (Wildman–Crippen LogP) is 2.51. The summed E-state index contributed by atoms with van der Waals surface area (Å²) in [6.07, 6.45) is 0.486. The smallest absolute Gasteiger partial charge is 0.128 e. The molecule has 1 aromatic carbocycles. The second-order valence-corrected chi connectivity index (χ2v) is 3.93. The molecule has 0 radical (unpaired) electrons. The van der Waals surface area contributed by atoms with Crippen LogP contribution in [-0.4, -0.2) is 0 Å². The highest BCUT2D eigenvalue weighted by molar-refractivity contribution is 9.10. The average Bonchev–Trinajstić information content (AvgIpc) is 2.24. The average molecular weight is 271 g/mol. The zero-order chi connectivity index (χ0) is 11.3. The van der Waals surface area contributed by atoms with E-state index in [1.807, 2.05) is 0 Å². The molecule has 0 heterocycles. The van der Waals surface area contributed by atoms with Gasteiger partial charge < -0.3 is 0 Å². The van der Waals surface area contributed by atoms with E-state index in [2.05, 4.69) is 33.2 Å². The summed E-state index contributed by atoms with van der Waals surface area (Å²) >= 11 is 3.29. The lowest BCUT2D eigenvalue weighted by Gasteiger charge is -2.14. The molecule has 4 heteroatoms. The number of nitrogens with two attached hydrogens (primary N) is 1. The number of halogens is 2. The van der Waals surface area contributed by atoms with Crippen molar-refractivity contribution in [3.63, 3.8) is 0 Å². The highest BCUT2D eigenvalue weighted by atomic mass is 79.9. The van der Waals surface area contributed by atoms with E-state index in [0.29, 0.717) is 12.0 Å². The Balaban J connectivity index is 2.98. The summed E-state index contributed by atoms with van der Waals surface area (Å²) in [4.78, 5) is 0. The van der Waals surface area contributed by atoms with Crippen molar-refractivity contribution in [2.24, 2.45) is 5.84 Å². The molecule has 0 saturated heterocycles. The van der Waals surface area contributed by atoms with Crippen LogP contribution in [0.1, 0.15) is 24.9 Å². The van der Waals surface area contributed by atoms with Crippen LogP contribution in [-0.2, 0) is 0 Å². The van der Waals surface area contributed by atoms with Crippen molar-refractivity contribution in [3.05, 3.63) is 34.1 Å². The molecule has 15 heavy (non-hydrogen) atoms. The fourth-order valence-corrected chi connectivity index (χ4v) is 1.62. The van der Waals surface area contributed by atoms with Gasteiger partial charge in [-0.15, -0.1) is 11.8 Å². The SMILES string of the molecule is CC#CCC(NN)c1cc(Br)ccc1F. The number of nitrogens with one attached hydrogen (secondary N) is 1. The quantitative estimate of drug-likeness (QED) is 0.503. The molecule has 80 valence electrons. The molecule has 1 unspecified atom stereocenters. The van der Waals surface area contributed by atoms with E-state index in [-0.39, 0.29) is 11.9 Å². The minimum Gasteiger partial charge on any atom is -0.271 e. The maximum absolute atomic E-state index is 13.5. The van der Waals surface area contributed by atoms with Crippen molar-refractivity contribution in [2.75, 3.05) is 0 Å². The van der Waals surface area contributed by atoms with E-state index >= 15 is 0 Å². The Morgan fingerprint density at radius 1 is 1.60 bits per heavy atom. The first-order valence-electron chi connectivity index (χ1n) is 4.49. The Morgan fingerprint density at radius 3 is 2.93 bits per heavy atom. The Kier molecular flexibility index (Phi) is 4.76. The number of benzene rings is 1. The molecule has 0 saturated carbocycles. The maximum Gasteiger partial charge on any atom is 0.128 e. The van der Waals surface area contributed by atoms with Crippen LogP contribution in [0, 0.1) is 17.7 Å². The van der Waals surface area contributed by atoms with Crippen LogP contribution in [0.5, 0.6) is 0 Å². The fraction of sp³-hybridized carbons (Fsp3) is 0.273. The summed E-state index contributed by atoms with van der Waals surface area (Å²) in [6, 6.07) is 4.48. The van der Waals surface area contributed by atoms with Gasteiger partial charge in [-0.05, 0) is 25.1 Å². The van der Waals surface area contributed by atoms with Crippen LogP contribution in [0.15, 0.2) is 22.7 Å². The summed E-state index contributed by atoms with van der Waals surface area (Å²) in [5, 5.41) is 0. The van der Waals surface area contributed by atoms with Gasteiger partial charge in [0.05, 0.1) is 6.04 Å². The monoisotopic (exact) mass is 270 g/mol. The largest absolute Gasteiger partial charge is 0.271 e. The van der Waals surface area contributed by atoms with Crippen LogP contribution in [0.4, 0.5) is 4.39 Å². The molecule has 0 aromatic heterocycles. The molecule has 1 aromatic rings. The minimum absolute atomic E-state index is 0.279. The van der Waals surface area contributed by atoms with Gasteiger partial charge in [0.2, 0.25) is 0 Å². The standard InChI is InChI=1S/C11H12BrFN2/c1-2-3-4-11(15-14)9-7-8(12)5-6-10(9)13/h5-7,11,15H,4,14H2,1H3.